The molecule has 1 saturated carbocycles. The van der Waals surface area contributed by atoms with Crippen molar-refractivity contribution < 1.29 is 9.90 Å². The Kier molecular flexibility index (Phi) is 3.76. The third-order valence-electron chi connectivity index (χ3n) is 4.57. The molecule has 4 heteroatoms. The minimum Gasteiger partial charge on any atom is -0.392 e. The molecule has 1 aliphatic carbocycles. The summed E-state index contributed by atoms with van der Waals surface area (Å²) in [6, 6.07) is 8.16. The number of hydrogen-bond acceptors (Lipinski definition) is 3. The highest BCUT2D eigenvalue weighted by molar-refractivity contribution is 5.96. The lowest BCUT2D eigenvalue weighted by Gasteiger charge is -2.37. The maximum Gasteiger partial charge on any atom is 0.228 e. The third-order valence-corrected chi connectivity index (χ3v) is 4.57. The van der Waals surface area contributed by atoms with E-state index in [1.54, 1.807) is 4.90 Å². The zero-order chi connectivity index (χ0) is 14.1. The van der Waals surface area contributed by atoms with Crippen molar-refractivity contribution in [3.05, 3.63) is 29.8 Å². The van der Waals surface area contributed by atoms with Gasteiger partial charge in [0.15, 0.2) is 0 Å². The van der Waals surface area contributed by atoms with E-state index < -0.39 is 0 Å². The van der Waals surface area contributed by atoms with Crippen LogP contribution >= 0.6 is 0 Å². The van der Waals surface area contributed by atoms with Crippen LogP contribution in [-0.2, 0) is 4.79 Å². The fourth-order valence-electron chi connectivity index (χ4n) is 3.36. The normalized spacial score (nSPS) is 30.2. The van der Waals surface area contributed by atoms with Gasteiger partial charge in [0, 0.05) is 31.2 Å². The summed E-state index contributed by atoms with van der Waals surface area (Å²) in [5.74, 6) is 0.131. The number of para-hydroxylation sites is 1. The van der Waals surface area contributed by atoms with E-state index >= 15 is 0 Å². The van der Waals surface area contributed by atoms with Crippen LogP contribution < -0.4 is 10.2 Å². The molecule has 3 atom stereocenters. The van der Waals surface area contributed by atoms with Gasteiger partial charge < -0.3 is 15.3 Å². The summed E-state index contributed by atoms with van der Waals surface area (Å²) < 4.78 is 0. The monoisotopic (exact) mass is 274 g/mol. The highest BCUT2D eigenvalue weighted by Crippen LogP contribution is 2.34. The highest BCUT2D eigenvalue weighted by Gasteiger charge is 2.32. The van der Waals surface area contributed by atoms with Gasteiger partial charge in [0.05, 0.1) is 6.10 Å². The Morgan fingerprint density at radius 3 is 2.80 bits per heavy atom. The van der Waals surface area contributed by atoms with Gasteiger partial charge in [-0.15, -0.1) is 0 Å². The van der Waals surface area contributed by atoms with E-state index in [1.165, 1.54) is 0 Å². The molecule has 1 fully saturated rings. The zero-order valence-electron chi connectivity index (χ0n) is 11.9. The Morgan fingerprint density at radius 2 is 2.00 bits per heavy atom. The molecular weight excluding hydrogens is 252 g/mol. The number of nitrogens with one attached hydrogen (secondary N) is 1. The topological polar surface area (TPSA) is 52.6 Å². The molecule has 108 valence electrons. The highest BCUT2D eigenvalue weighted by atomic mass is 16.3. The smallest absolute Gasteiger partial charge is 0.228 e. The fourth-order valence-corrected chi connectivity index (χ4v) is 3.36. The van der Waals surface area contributed by atoms with Crippen LogP contribution in [0.25, 0.3) is 0 Å². The van der Waals surface area contributed by atoms with Crippen molar-refractivity contribution in [2.75, 3.05) is 11.9 Å². The number of aliphatic hydroxyl groups excluding tert-OH is 1. The van der Waals surface area contributed by atoms with Crippen LogP contribution in [-0.4, -0.2) is 30.2 Å². The molecule has 3 unspecified atom stereocenters. The molecule has 2 N–H and O–H groups in total. The summed E-state index contributed by atoms with van der Waals surface area (Å²) >= 11 is 0. The van der Waals surface area contributed by atoms with Crippen LogP contribution in [0.4, 0.5) is 5.69 Å². The molecule has 3 rings (SSSR count). The summed E-state index contributed by atoms with van der Waals surface area (Å²) in [7, 11) is 1.83. The van der Waals surface area contributed by atoms with E-state index in [4.69, 9.17) is 0 Å². The van der Waals surface area contributed by atoms with Crippen LogP contribution in [0.5, 0.6) is 0 Å². The van der Waals surface area contributed by atoms with Crippen molar-refractivity contribution in [3.63, 3.8) is 0 Å². The number of anilines is 1. The fraction of sp³-hybridized carbons (Fsp3) is 0.562. The largest absolute Gasteiger partial charge is 0.392 e. The summed E-state index contributed by atoms with van der Waals surface area (Å²) in [5.41, 5.74) is 2.14. The number of benzene rings is 1. The molecule has 1 amide bonds. The Hall–Kier alpha value is -1.39. The van der Waals surface area contributed by atoms with Gasteiger partial charge in [-0.05, 0) is 24.5 Å². The van der Waals surface area contributed by atoms with Crippen molar-refractivity contribution in [2.24, 2.45) is 0 Å². The minimum absolute atomic E-state index is 0.0210. The predicted molar refractivity (Wildman–Crippen MR) is 78.6 cm³/mol. The van der Waals surface area contributed by atoms with Gasteiger partial charge in [-0.1, -0.05) is 31.0 Å². The second-order valence-electron chi connectivity index (χ2n) is 5.89. The Labute approximate surface area is 119 Å². The van der Waals surface area contributed by atoms with E-state index in [1.807, 2.05) is 25.2 Å². The molecule has 0 spiro atoms. The van der Waals surface area contributed by atoms with Crippen LogP contribution in [0.3, 0.4) is 0 Å². The number of carbonyl (C=O) groups is 1. The van der Waals surface area contributed by atoms with Crippen molar-refractivity contribution in [3.8, 4) is 0 Å². The van der Waals surface area contributed by atoms with E-state index in [-0.39, 0.29) is 24.1 Å². The first-order chi connectivity index (χ1) is 9.66. The number of amides is 1. The molecule has 0 radical (unpaired) electrons. The molecule has 0 saturated heterocycles. The van der Waals surface area contributed by atoms with Gasteiger partial charge >= 0.3 is 0 Å². The van der Waals surface area contributed by atoms with Crippen LogP contribution in [0.2, 0.25) is 0 Å². The third kappa shape index (κ3) is 2.45. The molecule has 4 nitrogen and oxygen atoms in total. The van der Waals surface area contributed by atoms with Gasteiger partial charge in [-0.3, -0.25) is 4.79 Å². The number of aliphatic hydroxyl groups is 1. The molecule has 1 aromatic carbocycles. The molecule has 1 heterocycles. The summed E-state index contributed by atoms with van der Waals surface area (Å²) in [6.45, 7) is 0. The molecule has 20 heavy (non-hydrogen) atoms. The summed E-state index contributed by atoms with van der Waals surface area (Å²) in [5, 5.41) is 13.6. The first-order valence-electron chi connectivity index (χ1n) is 7.46. The van der Waals surface area contributed by atoms with Crippen molar-refractivity contribution in [1.82, 2.24) is 5.32 Å². The quantitative estimate of drug-likeness (QED) is 0.867. The summed E-state index contributed by atoms with van der Waals surface area (Å²) in [4.78, 5) is 13.8. The van der Waals surface area contributed by atoms with Crippen molar-refractivity contribution in [1.29, 1.82) is 0 Å². The number of carbonyl (C=O) groups excluding carboxylic acids is 1. The summed E-state index contributed by atoms with van der Waals surface area (Å²) in [6.07, 6.45) is 4.28. The Bertz CT molecular complexity index is 503. The van der Waals surface area contributed by atoms with Crippen molar-refractivity contribution in [2.45, 2.75) is 50.3 Å². The molecule has 1 aromatic rings. The van der Waals surface area contributed by atoms with Gasteiger partial charge in [0.2, 0.25) is 5.91 Å². The van der Waals surface area contributed by atoms with E-state index in [2.05, 4.69) is 11.4 Å². The van der Waals surface area contributed by atoms with Gasteiger partial charge in [-0.2, -0.15) is 0 Å². The lowest BCUT2D eigenvalue weighted by atomic mass is 9.89. The Morgan fingerprint density at radius 1 is 1.25 bits per heavy atom. The van der Waals surface area contributed by atoms with Gasteiger partial charge in [0.25, 0.3) is 0 Å². The van der Waals surface area contributed by atoms with Crippen LogP contribution in [0.15, 0.2) is 24.3 Å². The number of hydrogen-bond donors (Lipinski definition) is 2. The first kappa shape index (κ1) is 13.6. The average molecular weight is 274 g/mol. The zero-order valence-corrected chi connectivity index (χ0v) is 11.9. The number of rotatable bonds is 2. The van der Waals surface area contributed by atoms with E-state index in [9.17, 15) is 9.90 Å². The van der Waals surface area contributed by atoms with Crippen LogP contribution in [0.1, 0.15) is 43.7 Å². The second kappa shape index (κ2) is 5.54. The van der Waals surface area contributed by atoms with E-state index in [0.717, 1.165) is 36.9 Å². The van der Waals surface area contributed by atoms with Crippen molar-refractivity contribution >= 4 is 11.6 Å². The standard InChI is InChI=1S/C16H22N2O2/c1-18-14-8-4-2-6-11(14)13(10-16(18)20)17-12-7-3-5-9-15(12)19/h2,4,6,8,12-13,15,17,19H,3,5,7,9-10H2,1H3. The molecule has 0 bridgehead atoms. The van der Waals surface area contributed by atoms with Gasteiger partial charge in [0.1, 0.15) is 0 Å². The number of nitrogens with zero attached hydrogens (tertiary/aromatic N) is 1. The number of fused-ring (bicyclic) bond motifs is 1. The SMILES string of the molecule is CN1C(=O)CC(NC2CCCCC2O)c2ccccc21. The molecular formula is C16H22N2O2. The molecule has 1 aliphatic heterocycles. The lowest BCUT2D eigenvalue weighted by Crippen LogP contribution is -2.47. The maximum absolute atomic E-state index is 12.1. The Balaban J connectivity index is 1.83. The maximum atomic E-state index is 12.1. The predicted octanol–water partition coefficient (Wildman–Crippen LogP) is 1.99. The van der Waals surface area contributed by atoms with Gasteiger partial charge in [-0.25, -0.2) is 0 Å². The minimum atomic E-state index is -0.286. The first-order valence-corrected chi connectivity index (χ1v) is 7.46. The average Bonchev–Trinajstić information content (AvgIpc) is 2.47. The molecule has 2 aliphatic rings. The van der Waals surface area contributed by atoms with E-state index in [0.29, 0.717) is 6.42 Å². The molecule has 0 aromatic heterocycles. The lowest BCUT2D eigenvalue weighted by molar-refractivity contribution is -0.119. The van der Waals surface area contributed by atoms with Crippen LogP contribution in [0, 0.1) is 0 Å². The second-order valence-corrected chi connectivity index (χ2v) is 5.89.